The number of carbonyl (C=O) groups is 3. The number of alkyl halides is 3. The molecule has 3 rings (SSSR count). The van der Waals surface area contributed by atoms with Crippen molar-refractivity contribution in [3.63, 3.8) is 0 Å². The summed E-state index contributed by atoms with van der Waals surface area (Å²) in [6, 6.07) is 7.23. The van der Waals surface area contributed by atoms with Crippen LogP contribution in [-0.2, 0) is 16.1 Å². The van der Waals surface area contributed by atoms with Crippen molar-refractivity contribution in [1.82, 2.24) is 4.57 Å². The van der Waals surface area contributed by atoms with Crippen molar-refractivity contribution in [3.8, 4) is 5.75 Å². The van der Waals surface area contributed by atoms with Crippen LogP contribution in [0.2, 0.25) is 0 Å². The van der Waals surface area contributed by atoms with Crippen molar-refractivity contribution in [1.29, 1.82) is 0 Å². The van der Waals surface area contributed by atoms with Crippen molar-refractivity contribution in [2.24, 2.45) is 0 Å². The minimum Gasteiger partial charge on any atom is -0.496 e. The Morgan fingerprint density at radius 3 is 2.33 bits per heavy atom. The predicted molar refractivity (Wildman–Crippen MR) is 115 cm³/mol. The highest BCUT2D eigenvalue weighted by molar-refractivity contribution is 6.11. The third-order valence-corrected chi connectivity index (χ3v) is 5.14. The van der Waals surface area contributed by atoms with E-state index in [1.807, 2.05) is 0 Å². The number of ketones is 1. The van der Waals surface area contributed by atoms with Gasteiger partial charge in [-0.1, -0.05) is 6.07 Å². The Hall–Kier alpha value is -3.82. The Kier molecular flexibility index (Phi) is 6.48. The van der Waals surface area contributed by atoms with Crippen molar-refractivity contribution in [2.45, 2.75) is 26.6 Å². The molecular weight excluding hydrogens is 441 g/mol. The summed E-state index contributed by atoms with van der Waals surface area (Å²) < 4.78 is 50.4. The molecule has 1 aromatic heterocycles. The summed E-state index contributed by atoms with van der Waals surface area (Å²) in [6.07, 6.45) is -4.13. The highest BCUT2D eigenvalue weighted by Crippen LogP contribution is 2.30. The number of nitrogens with one attached hydrogen (secondary N) is 1. The van der Waals surface area contributed by atoms with E-state index in [1.165, 1.54) is 29.9 Å². The zero-order valence-corrected chi connectivity index (χ0v) is 18.3. The molecule has 33 heavy (non-hydrogen) atoms. The Morgan fingerprint density at radius 2 is 1.73 bits per heavy atom. The van der Waals surface area contributed by atoms with Crippen LogP contribution in [0.3, 0.4) is 0 Å². The molecule has 0 spiro atoms. The van der Waals surface area contributed by atoms with Gasteiger partial charge in [-0.05, 0) is 49.2 Å². The summed E-state index contributed by atoms with van der Waals surface area (Å²) in [5.74, 6) is -2.64. The quantitative estimate of drug-likeness (QED) is 0.433. The second kappa shape index (κ2) is 8.97. The molecule has 0 bridgehead atoms. The minimum atomic E-state index is -5.10. The fourth-order valence-electron chi connectivity index (χ4n) is 3.49. The van der Waals surface area contributed by atoms with Crippen LogP contribution in [0.25, 0.3) is 10.9 Å². The molecule has 7 nitrogen and oxygen atoms in total. The first-order valence-corrected chi connectivity index (χ1v) is 9.74. The van der Waals surface area contributed by atoms with E-state index < -0.39 is 35.9 Å². The molecule has 174 valence electrons. The molecule has 0 atom stereocenters. The van der Waals surface area contributed by atoms with Crippen LogP contribution >= 0.6 is 0 Å². The number of halogens is 3. The Labute approximate surface area is 187 Å². The lowest BCUT2D eigenvalue weighted by atomic mass is 10.1. The SMILES string of the molecule is COC(=O)c1ccc2c(C(=O)C(F)(F)F)cn(CC(=O)Nc3cc(C)c(OC)cc3C)c2c1. The Bertz CT molecular complexity index is 1260. The molecule has 0 saturated carbocycles. The molecule has 1 amide bonds. The maximum absolute atomic E-state index is 13.1. The first-order valence-electron chi connectivity index (χ1n) is 9.74. The fraction of sp³-hybridized carbons (Fsp3) is 0.261. The van der Waals surface area contributed by atoms with E-state index in [0.29, 0.717) is 11.4 Å². The highest BCUT2D eigenvalue weighted by atomic mass is 19.4. The molecular formula is C23H21F3N2O5. The number of benzene rings is 2. The number of esters is 1. The largest absolute Gasteiger partial charge is 0.496 e. The number of fused-ring (bicyclic) bond motifs is 1. The minimum absolute atomic E-state index is 0.0331. The standard InChI is InChI=1S/C23H21F3N2O5/c1-12-8-19(32-3)13(2)7-17(12)27-20(29)11-28-10-16(21(30)23(24,25)26)15-6-5-14(9-18(15)28)22(31)33-4/h5-10H,11H2,1-4H3,(H,27,29). The number of aryl methyl sites for hydroxylation is 2. The molecule has 3 aromatic rings. The molecule has 0 unspecified atom stereocenters. The highest BCUT2D eigenvalue weighted by Gasteiger charge is 2.41. The molecule has 1 heterocycles. The topological polar surface area (TPSA) is 86.6 Å². The van der Waals surface area contributed by atoms with E-state index in [2.05, 4.69) is 10.1 Å². The van der Waals surface area contributed by atoms with Crippen molar-refractivity contribution < 1.29 is 37.0 Å². The van der Waals surface area contributed by atoms with Crippen LogP contribution in [0, 0.1) is 13.8 Å². The number of carbonyl (C=O) groups excluding carboxylic acids is 3. The third-order valence-electron chi connectivity index (χ3n) is 5.14. The predicted octanol–water partition coefficient (Wildman–Crippen LogP) is 4.44. The maximum atomic E-state index is 13.1. The number of nitrogens with zero attached hydrogens (tertiary/aromatic N) is 1. The number of Topliss-reactive ketones (excluding diaryl/α,β-unsaturated/α-hetero) is 1. The summed E-state index contributed by atoms with van der Waals surface area (Å²) in [5, 5.41) is 2.69. The second-order valence-corrected chi connectivity index (χ2v) is 7.41. The molecule has 0 aliphatic heterocycles. The molecule has 10 heteroatoms. The van der Waals surface area contributed by atoms with Gasteiger partial charge in [-0.2, -0.15) is 13.2 Å². The van der Waals surface area contributed by atoms with Crippen LogP contribution in [0.4, 0.5) is 18.9 Å². The van der Waals surface area contributed by atoms with E-state index in [9.17, 15) is 27.6 Å². The number of aromatic nitrogens is 1. The number of ether oxygens (including phenoxy) is 2. The molecule has 0 radical (unpaired) electrons. The van der Waals surface area contributed by atoms with Gasteiger partial charge in [0.1, 0.15) is 12.3 Å². The monoisotopic (exact) mass is 462 g/mol. The Morgan fingerprint density at radius 1 is 1.03 bits per heavy atom. The number of hydrogen-bond donors (Lipinski definition) is 1. The number of amides is 1. The first kappa shape index (κ1) is 23.8. The molecule has 1 N–H and O–H groups in total. The van der Waals surface area contributed by atoms with Gasteiger partial charge in [0.05, 0.1) is 30.9 Å². The van der Waals surface area contributed by atoms with Gasteiger partial charge in [-0.15, -0.1) is 0 Å². The van der Waals surface area contributed by atoms with Crippen molar-refractivity contribution in [2.75, 3.05) is 19.5 Å². The van der Waals surface area contributed by atoms with Crippen LogP contribution < -0.4 is 10.1 Å². The molecule has 0 fully saturated rings. The van der Waals surface area contributed by atoms with Crippen molar-refractivity contribution in [3.05, 3.63) is 58.8 Å². The van der Waals surface area contributed by atoms with E-state index >= 15 is 0 Å². The molecule has 0 aliphatic rings. The fourth-order valence-corrected chi connectivity index (χ4v) is 3.49. The maximum Gasteiger partial charge on any atom is 0.454 e. The van der Waals surface area contributed by atoms with Crippen LogP contribution in [0.1, 0.15) is 31.8 Å². The lowest BCUT2D eigenvalue weighted by Crippen LogP contribution is -2.22. The summed E-state index contributed by atoms with van der Waals surface area (Å²) in [5.41, 5.74) is 1.59. The molecule has 2 aromatic carbocycles. The lowest BCUT2D eigenvalue weighted by molar-refractivity contribution is -0.116. The zero-order valence-electron chi connectivity index (χ0n) is 18.3. The lowest BCUT2D eigenvalue weighted by Gasteiger charge is -2.13. The van der Waals surface area contributed by atoms with Gasteiger partial charge in [0.15, 0.2) is 0 Å². The van der Waals surface area contributed by atoms with Gasteiger partial charge in [0, 0.05) is 17.3 Å². The zero-order chi connectivity index (χ0) is 24.5. The first-order chi connectivity index (χ1) is 15.5. The summed E-state index contributed by atoms with van der Waals surface area (Å²) in [6.45, 7) is 3.18. The summed E-state index contributed by atoms with van der Waals surface area (Å²) >= 11 is 0. The smallest absolute Gasteiger partial charge is 0.454 e. The number of anilines is 1. The summed E-state index contributed by atoms with van der Waals surface area (Å²) in [4.78, 5) is 36.6. The number of rotatable bonds is 6. The van der Waals surface area contributed by atoms with Crippen LogP contribution in [0.5, 0.6) is 5.75 Å². The van der Waals surface area contributed by atoms with Gasteiger partial charge in [-0.3, -0.25) is 9.59 Å². The van der Waals surface area contributed by atoms with E-state index in [4.69, 9.17) is 4.74 Å². The normalized spacial score (nSPS) is 11.4. The van der Waals surface area contributed by atoms with Gasteiger partial charge < -0.3 is 19.4 Å². The molecule has 0 aliphatic carbocycles. The van der Waals surface area contributed by atoms with Gasteiger partial charge in [0.2, 0.25) is 5.91 Å². The van der Waals surface area contributed by atoms with Gasteiger partial charge in [-0.25, -0.2) is 4.79 Å². The Balaban J connectivity index is 2.00. The van der Waals surface area contributed by atoms with Gasteiger partial charge in [0.25, 0.3) is 5.78 Å². The third kappa shape index (κ3) is 4.84. The molecule has 0 saturated heterocycles. The average molecular weight is 462 g/mol. The van der Waals surface area contributed by atoms with Crippen LogP contribution in [0.15, 0.2) is 36.5 Å². The number of methoxy groups -OCH3 is 2. The van der Waals surface area contributed by atoms with E-state index in [-0.39, 0.29) is 16.5 Å². The van der Waals surface area contributed by atoms with Crippen LogP contribution in [-0.4, -0.2) is 42.6 Å². The van der Waals surface area contributed by atoms with E-state index in [0.717, 1.165) is 24.4 Å². The summed E-state index contributed by atoms with van der Waals surface area (Å²) in [7, 11) is 2.69. The second-order valence-electron chi connectivity index (χ2n) is 7.41. The van der Waals surface area contributed by atoms with Gasteiger partial charge >= 0.3 is 12.1 Å². The average Bonchev–Trinajstić information content (AvgIpc) is 3.11. The van der Waals surface area contributed by atoms with E-state index in [1.54, 1.807) is 26.0 Å². The number of hydrogen-bond acceptors (Lipinski definition) is 5. The van der Waals surface area contributed by atoms with Crippen molar-refractivity contribution >= 4 is 34.3 Å².